The van der Waals surface area contributed by atoms with Crippen molar-refractivity contribution in [2.24, 2.45) is 17.3 Å². The van der Waals surface area contributed by atoms with Crippen molar-refractivity contribution in [3.63, 3.8) is 0 Å². The van der Waals surface area contributed by atoms with Gasteiger partial charge < -0.3 is 9.80 Å². The van der Waals surface area contributed by atoms with Crippen molar-refractivity contribution in [1.29, 1.82) is 0 Å². The number of rotatable bonds is 8. The molecule has 0 radical (unpaired) electrons. The van der Waals surface area contributed by atoms with Gasteiger partial charge in [0.2, 0.25) is 5.91 Å². The fraction of sp³-hybridized carbons (Fsp3) is 0.676. The van der Waals surface area contributed by atoms with Gasteiger partial charge in [0.05, 0.1) is 11.0 Å². The Balaban J connectivity index is 1.22. The lowest BCUT2D eigenvalue weighted by Crippen LogP contribution is -2.48. The largest absolute Gasteiger partial charge is 0.417 e. The van der Waals surface area contributed by atoms with Crippen molar-refractivity contribution in [1.82, 2.24) is 19.7 Å². The van der Waals surface area contributed by atoms with Gasteiger partial charge in [0.15, 0.2) is 0 Å². The molecule has 2 aliphatic heterocycles. The number of amides is 1. The molecule has 9 heteroatoms. The molecule has 6 rings (SSSR count). The van der Waals surface area contributed by atoms with Crippen molar-refractivity contribution >= 4 is 21.8 Å². The Morgan fingerprint density at radius 3 is 2.50 bits per heavy atom. The number of halogens is 4. The Hall–Kier alpha value is -1.97. The lowest BCUT2D eigenvalue weighted by molar-refractivity contribution is -0.146. The SMILES string of the molecule is CC(C)N1CCC(CCN([C@@H]2CC[C@@](C(=O)N3CCc4ncc(C(F)(F)F)cc4C3)(C(C)C)C2)[C@@H]2CCc3cc(Br)ccc32)CC1. The zero-order chi connectivity index (χ0) is 32.8. The smallest absolute Gasteiger partial charge is 0.337 e. The molecular weight excluding hydrogens is 653 g/mol. The van der Waals surface area contributed by atoms with Crippen molar-refractivity contribution in [3.05, 3.63) is 62.9 Å². The highest BCUT2D eigenvalue weighted by molar-refractivity contribution is 9.10. The zero-order valence-electron chi connectivity index (χ0n) is 27.9. The Morgan fingerprint density at radius 1 is 1.04 bits per heavy atom. The lowest BCUT2D eigenvalue weighted by atomic mass is 9.73. The molecule has 2 fully saturated rings. The molecule has 1 saturated heterocycles. The Labute approximate surface area is 281 Å². The highest BCUT2D eigenvalue weighted by Gasteiger charge is 2.52. The summed E-state index contributed by atoms with van der Waals surface area (Å²) in [6.07, 6.45) is 5.44. The van der Waals surface area contributed by atoms with Crippen LogP contribution in [0.2, 0.25) is 0 Å². The quantitative estimate of drug-likeness (QED) is 0.277. The number of benzene rings is 1. The van der Waals surface area contributed by atoms with Gasteiger partial charge >= 0.3 is 6.18 Å². The monoisotopic (exact) mass is 702 g/mol. The van der Waals surface area contributed by atoms with Gasteiger partial charge in [-0.2, -0.15) is 13.2 Å². The van der Waals surface area contributed by atoms with Crippen molar-refractivity contribution in [2.45, 2.75) is 116 Å². The van der Waals surface area contributed by atoms with Crippen LogP contribution in [0.4, 0.5) is 13.2 Å². The van der Waals surface area contributed by atoms with E-state index in [9.17, 15) is 18.0 Å². The molecule has 0 bridgehead atoms. The first kappa shape index (κ1) is 33.9. The molecule has 3 heterocycles. The topological polar surface area (TPSA) is 39.7 Å². The summed E-state index contributed by atoms with van der Waals surface area (Å²) in [6, 6.07) is 9.20. The van der Waals surface area contributed by atoms with Crippen LogP contribution >= 0.6 is 15.9 Å². The molecule has 1 aromatic heterocycles. The van der Waals surface area contributed by atoms with Crippen LogP contribution in [0.1, 0.15) is 107 Å². The molecule has 2 aliphatic carbocycles. The number of carbonyl (C=O) groups is 1. The van der Waals surface area contributed by atoms with Crippen molar-refractivity contribution < 1.29 is 18.0 Å². The van der Waals surface area contributed by atoms with E-state index in [0.29, 0.717) is 42.3 Å². The maximum Gasteiger partial charge on any atom is 0.417 e. The molecule has 0 unspecified atom stereocenters. The van der Waals surface area contributed by atoms with Crippen LogP contribution in [0.5, 0.6) is 0 Å². The van der Waals surface area contributed by atoms with Crippen LogP contribution in [-0.4, -0.2) is 63.9 Å². The molecule has 0 N–H and O–H groups in total. The number of piperidine rings is 1. The van der Waals surface area contributed by atoms with Gasteiger partial charge in [0.1, 0.15) is 0 Å². The fourth-order valence-electron chi connectivity index (χ4n) is 8.96. The van der Waals surface area contributed by atoms with Gasteiger partial charge in [0, 0.05) is 54.0 Å². The molecule has 3 atom stereocenters. The molecule has 252 valence electrons. The van der Waals surface area contributed by atoms with E-state index in [-0.39, 0.29) is 18.4 Å². The molecule has 1 aromatic carbocycles. The molecule has 46 heavy (non-hydrogen) atoms. The zero-order valence-corrected chi connectivity index (χ0v) is 29.5. The maximum atomic E-state index is 14.5. The molecular formula is C37H50BrF3N4O. The van der Waals surface area contributed by atoms with E-state index in [4.69, 9.17) is 0 Å². The number of fused-ring (bicyclic) bond motifs is 2. The summed E-state index contributed by atoms with van der Waals surface area (Å²) < 4.78 is 41.6. The molecule has 0 spiro atoms. The number of carbonyl (C=O) groups excluding carboxylic acids is 1. The number of hydrogen-bond donors (Lipinski definition) is 0. The predicted octanol–water partition coefficient (Wildman–Crippen LogP) is 8.44. The maximum absolute atomic E-state index is 14.5. The van der Waals surface area contributed by atoms with Crippen LogP contribution in [-0.2, 0) is 30.4 Å². The average Bonchev–Trinajstić information content (AvgIpc) is 3.66. The second-order valence-electron chi connectivity index (χ2n) is 15.0. The summed E-state index contributed by atoms with van der Waals surface area (Å²) in [5, 5.41) is 0. The minimum atomic E-state index is -4.45. The summed E-state index contributed by atoms with van der Waals surface area (Å²) in [5.74, 6) is 0.981. The number of nitrogens with zero attached hydrogens (tertiary/aromatic N) is 4. The van der Waals surface area contributed by atoms with Crippen LogP contribution < -0.4 is 0 Å². The number of aryl methyl sites for hydroxylation is 1. The van der Waals surface area contributed by atoms with Crippen molar-refractivity contribution in [2.75, 3.05) is 26.2 Å². The highest BCUT2D eigenvalue weighted by atomic mass is 79.9. The highest BCUT2D eigenvalue weighted by Crippen LogP contribution is 2.51. The molecule has 5 nitrogen and oxygen atoms in total. The van der Waals surface area contributed by atoms with Gasteiger partial charge in [-0.1, -0.05) is 35.8 Å². The van der Waals surface area contributed by atoms with Crippen molar-refractivity contribution in [3.8, 4) is 0 Å². The van der Waals surface area contributed by atoms with Gasteiger partial charge in [-0.3, -0.25) is 14.7 Å². The van der Waals surface area contributed by atoms with E-state index >= 15 is 0 Å². The number of likely N-dealkylation sites (tertiary alicyclic amines) is 1. The summed E-state index contributed by atoms with van der Waals surface area (Å²) in [6.45, 7) is 13.0. The standard InChI is InChI=1S/C37H50BrF3N4O/c1-24(2)36(35(46)44-17-13-33-28(23-44)19-29(22-42-33)37(39,40)41)14-9-31(21-36)45(18-12-26-10-15-43(16-11-26)25(3)4)34-8-5-27-20-30(38)6-7-32(27)34/h6-7,19-20,22,24-26,31,34H,5,8-18,21,23H2,1-4H3/t31-,34-,36+/m1/s1. The second kappa shape index (κ2) is 13.5. The number of alkyl halides is 3. The first-order valence-corrected chi connectivity index (χ1v) is 18.3. The predicted molar refractivity (Wildman–Crippen MR) is 179 cm³/mol. The normalized spacial score (nSPS) is 25.9. The Morgan fingerprint density at radius 2 is 1.80 bits per heavy atom. The van der Waals surface area contributed by atoms with Crippen LogP contribution in [0.3, 0.4) is 0 Å². The van der Waals surface area contributed by atoms with Crippen LogP contribution in [0.25, 0.3) is 0 Å². The molecule has 1 amide bonds. The van der Waals surface area contributed by atoms with E-state index in [2.05, 4.69) is 76.6 Å². The molecule has 4 aliphatic rings. The minimum absolute atomic E-state index is 0.116. The van der Waals surface area contributed by atoms with E-state index in [0.717, 1.165) is 55.2 Å². The van der Waals surface area contributed by atoms with Crippen LogP contribution in [0.15, 0.2) is 34.9 Å². The molecule has 2 aromatic rings. The number of hydrogen-bond acceptors (Lipinski definition) is 4. The van der Waals surface area contributed by atoms with E-state index < -0.39 is 17.2 Å². The third-order valence-electron chi connectivity index (χ3n) is 11.9. The average molecular weight is 704 g/mol. The number of aromatic nitrogens is 1. The summed E-state index contributed by atoms with van der Waals surface area (Å²) in [4.78, 5) is 25.9. The molecule has 1 saturated carbocycles. The Kier molecular flexibility index (Phi) is 9.95. The lowest BCUT2D eigenvalue weighted by Gasteiger charge is -2.41. The summed E-state index contributed by atoms with van der Waals surface area (Å²) in [7, 11) is 0. The van der Waals surface area contributed by atoms with E-state index in [1.54, 1.807) is 0 Å². The van der Waals surface area contributed by atoms with E-state index in [1.165, 1.54) is 49.5 Å². The summed E-state index contributed by atoms with van der Waals surface area (Å²) >= 11 is 3.67. The van der Waals surface area contributed by atoms with Gasteiger partial charge in [-0.15, -0.1) is 0 Å². The number of pyridine rings is 1. The third kappa shape index (κ3) is 6.80. The van der Waals surface area contributed by atoms with E-state index in [1.807, 2.05) is 4.90 Å². The summed E-state index contributed by atoms with van der Waals surface area (Å²) in [5.41, 5.74) is 2.82. The second-order valence-corrected chi connectivity index (χ2v) is 15.9. The minimum Gasteiger partial charge on any atom is -0.337 e. The van der Waals surface area contributed by atoms with Crippen LogP contribution in [0, 0.1) is 17.3 Å². The van der Waals surface area contributed by atoms with Gasteiger partial charge in [-0.25, -0.2) is 0 Å². The van der Waals surface area contributed by atoms with Gasteiger partial charge in [-0.05, 0) is 132 Å². The fourth-order valence-corrected chi connectivity index (χ4v) is 9.37. The third-order valence-corrected chi connectivity index (χ3v) is 12.4. The Bertz CT molecular complexity index is 1410. The first-order valence-electron chi connectivity index (χ1n) is 17.5. The van der Waals surface area contributed by atoms with Gasteiger partial charge in [0.25, 0.3) is 0 Å². The first-order chi connectivity index (χ1) is 21.9.